The van der Waals surface area contributed by atoms with Gasteiger partial charge in [-0.15, -0.1) is 0 Å². The van der Waals surface area contributed by atoms with Gasteiger partial charge in [-0.25, -0.2) is 0 Å². The van der Waals surface area contributed by atoms with Crippen LogP contribution in [0.5, 0.6) is 0 Å². The van der Waals surface area contributed by atoms with Gasteiger partial charge in [0.15, 0.2) is 0 Å². The molecule has 0 spiro atoms. The van der Waals surface area contributed by atoms with Crippen LogP contribution in [0, 0.1) is 0 Å². The van der Waals surface area contributed by atoms with Gasteiger partial charge >= 0.3 is 0 Å². The first-order chi connectivity index (χ1) is 6.27. The summed E-state index contributed by atoms with van der Waals surface area (Å²) in [5.41, 5.74) is 7.15. The van der Waals surface area contributed by atoms with Crippen molar-refractivity contribution in [2.45, 2.75) is 25.4 Å². The topological polar surface area (TPSA) is 45.0 Å². The van der Waals surface area contributed by atoms with Gasteiger partial charge in [0, 0.05) is 37.1 Å². The lowest BCUT2D eigenvalue weighted by Gasteiger charge is -2.22. The maximum atomic E-state index is 5.86. The predicted octanol–water partition coefficient (Wildman–Crippen LogP) is 1.11. The van der Waals surface area contributed by atoms with Crippen molar-refractivity contribution >= 4 is 0 Å². The van der Waals surface area contributed by atoms with E-state index in [0.29, 0.717) is 12.1 Å². The number of nitrogens with one attached hydrogen (secondary N) is 1. The number of aromatic nitrogens is 1. The number of hydrogen-bond donors (Lipinski definition) is 2. The third-order valence-electron chi connectivity index (χ3n) is 2.88. The number of nitrogens with two attached hydrogens (primary N) is 1. The van der Waals surface area contributed by atoms with Crippen molar-refractivity contribution < 1.29 is 0 Å². The molecule has 2 atom stereocenters. The first kappa shape index (κ1) is 8.78. The Labute approximate surface area is 78.9 Å². The quantitative estimate of drug-likeness (QED) is 0.714. The van der Waals surface area contributed by atoms with E-state index in [1.165, 1.54) is 5.69 Å². The molecule has 0 aliphatic carbocycles. The van der Waals surface area contributed by atoms with Crippen LogP contribution in [0.2, 0.25) is 0 Å². The normalized spacial score (nSPS) is 26.5. The Morgan fingerprint density at radius 1 is 1.69 bits per heavy atom. The van der Waals surface area contributed by atoms with E-state index >= 15 is 0 Å². The highest BCUT2D eigenvalue weighted by Gasteiger charge is 2.24. The van der Waals surface area contributed by atoms with Gasteiger partial charge in [-0.1, -0.05) is 0 Å². The number of aromatic amines is 1. The molecular formula is C10H17N3. The molecule has 2 heterocycles. The minimum absolute atomic E-state index is 0.373. The van der Waals surface area contributed by atoms with Crippen molar-refractivity contribution in [3.05, 3.63) is 24.0 Å². The average Bonchev–Trinajstić information content (AvgIpc) is 2.72. The van der Waals surface area contributed by atoms with Crippen LogP contribution in [0.1, 0.15) is 25.1 Å². The number of nitrogens with zero attached hydrogens (tertiary/aromatic N) is 1. The molecule has 1 aliphatic heterocycles. The summed E-state index contributed by atoms with van der Waals surface area (Å²) in [7, 11) is 0. The zero-order valence-electron chi connectivity index (χ0n) is 8.03. The number of hydrogen-bond acceptors (Lipinski definition) is 2. The fourth-order valence-corrected chi connectivity index (χ4v) is 1.97. The van der Waals surface area contributed by atoms with E-state index in [2.05, 4.69) is 22.9 Å². The van der Waals surface area contributed by atoms with Gasteiger partial charge in [-0.2, -0.15) is 0 Å². The van der Waals surface area contributed by atoms with Crippen LogP contribution in [-0.2, 0) is 0 Å². The lowest BCUT2D eigenvalue weighted by Crippen LogP contribution is -2.28. The first-order valence-corrected chi connectivity index (χ1v) is 4.90. The first-order valence-electron chi connectivity index (χ1n) is 4.90. The van der Waals surface area contributed by atoms with Crippen molar-refractivity contribution in [1.29, 1.82) is 0 Å². The molecule has 13 heavy (non-hydrogen) atoms. The highest BCUT2D eigenvalue weighted by molar-refractivity contribution is 5.09. The lowest BCUT2D eigenvalue weighted by atomic mass is 10.2. The van der Waals surface area contributed by atoms with Gasteiger partial charge in [0.2, 0.25) is 0 Å². The summed E-state index contributed by atoms with van der Waals surface area (Å²) >= 11 is 0. The molecule has 2 rings (SSSR count). The van der Waals surface area contributed by atoms with Gasteiger partial charge in [0.05, 0.1) is 0 Å². The molecule has 0 saturated carbocycles. The fourth-order valence-electron chi connectivity index (χ4n) is 1.97. The van der Waals surface area contributed by atoms with Crippen LogP contribution in [0.25, 0.3) is 0 Å². The summed E-state index contributed by atoms with van der Waals surface area (Å²) in [6.45, 7) is 4.38. The largest absolute Gasteiger partial charge is 0.364 e. The predicted molar refractivity (Wildman–Crippen MR) is 53.4 cm³/mol. The third kappa shape index (κ3) is 1.76. The lowest BCUT2D eigenvalue weighted by molar-refractivity contribution is 0.256. The fraction of sp³-hybridized carbons (Fsp3) is 0.600. The van der Waals surface area contributed by atoms with Crippen molar-refractivity contribution in [2.24, 2.45) is 5.73 Å². The minimum Gasteiger partial charge on any atom is -0.364 e. The molecular weight excluding hydrogens is 162 g/mol. The Morgan fingerprint density at radius 2 is 2.54 bits per heavy atom. The summed E-state index contributed by atoms with van der Waals surface area (Å²) in [4.78, 5) is 5.67. The van der Waals surface area contributed by atoms with Crippen LogP contribution in [0.3, 0.4) is 0 Å². The summed E-state index contributed by atoms with van der Waals surface area (Å²) in [6.07, 6.45) is 3.10. The van der Waals surface area contributed by atoms with E-state index in [1.807, 2.05) is 12.3 Å². The Bertz CT molecular complexity index is 255. The van der Waals surface area contributed by atoms with Crippen molar-refractivity contribution in [3.63, 3.8) is 0 Å². The molecule has 0 aromatic carbocycles. The highest BCUT2D eigenvalue weighted by atomic mass is 15.2. The van der Waals surface area contributed by atoms with E-state index in [0.717, 1.165) is 19.5 Å². The van der Waals surface area contributed by atoms with Gasteiger partial charge < -0.3 is 10.7 Å². The molecule has 0 radical (unpaired) electrons. The van der Waals surface area contributed by atoms with E-state index < -0.39 is 0 Å². The SMILES string of the molecule is C[C@H](c1ccc[nH]1)N1CC[C@H](N)C1. The van der Waals surface area contributed by atoms with Crippen LogP contribution in [-0.4, -0.2) is 29.0 Å². The van der Waals surface area contributed by atoms with Gasteiger partial charge in [-0.3, -0.25) is 4.90 Å². The average molecular weight is 179 g/mol. The second-order valence-electron chi connectivity index (χ2n) is 3.85. The van der Waals surface area contributed by atoms with Crippen LogP contribution < -0.4 is 5.73 Å². The van der Waals surface area contributed by atoms with E-state index in [-0.39, 0.29) is 0 Å². The smallest absolute Gasteiger partial charge is 0.0470 e. The van der Waals surface area contributed by atoms with Crippen molar-refractivity contribution in [3.8, 4) is 0 Å². The molecule has 1 saturated heterocycles. The second kappa shape index (κ2) is 3.52. The maximum absolute atomic E-state index is 5.86. The van der Waals surface area contributed by atoms with Gasteiger partial charge in [0.1, 0.15) is 0 Å². The van der Waals surface area contributed by atoms with Crippen LogP contribution in [0.4, 0.5) is 0 Å². The number of likely N-dealkylation sites (tertiary alicyclic amines) is 1. The third-order valence-corrected chi connectivity index (χ3v) is 2.88. The van der Waals surface area contributed by atoms with E-state index in [1.54, 1.807) is 0 Å². The van der Waals surface area contributed by atoms with Crippen LogP contribution >= 0.6 is 0 Å². The molecule has 3 heteroatoms. The summed E-state index contributed by atoms with van der Waals surface area (Å²) < 4.78 is 0. The zero-order chi connectivity index (χ0) is 9.26. The number of rotatable bonds is 2. The summed E-state index contributed by atoms with van der Waals surface area (Å²) in [5, 5.41) is 0. The van der Waals surface area contributed by atoms with Crippen molar-refractivity contribution in [2.75, 3.05) is 13.1 Å². The highest BCUT2D eigenvalue weighted by Crippen LogP contribution is 2.22. The van der Waals surface area contributed by atoms with E-state index in [9.17, 15) is 0 Å². The molecule has 1 aromatic heterocycles. The second-order valence-corrected chi connectivity index (χ2v) is 3.85. The molecule has 3 nitrogen and oxygen atoms in total. The molecule has 0 amide bonds. The van der Waals surface area contributed by atoms with Gasteiger partial charge in [0.25, 0.3) is 0 Å². The molecule has 1 aliphatic rings. The monoisotopic (exact) mass is 179 g/mol. The molecule has 1 fully saturated rings. The summed E-state index contributed by atoms with van der Waals surface area (Å²) in [6, 6.07) is 5.03. The molecule has 0 bridgehead atoms. The van der Waals surface area contributed by atoms with Crippen molar-refractivity contribution in [1.82, 2.24) is 9.88 Å². The number of H-pyrrole nitrogens is 1. The minimum atomic E-state index is 0.373. The Kier molecular flexibility index (Phi) is 2.38. The standard InChI is InChI=1S/C10H17N3/c1-8(10-3-2-5-12-10)13-6-4-9(11)7-13/h2-3,5,8-9,12H,4,6-7,11H2,1H3/t8-,9+/m1/s1. The van der Waals surface area contributed by atoms with Crippen LogP contribution in [0.15, 0.2) is 18.3 Å². The Morgan fingerprint density at radius 3 is 3.08 bits per heavy atom. The molecule has 3 N–H and O–H groups in total. The van der Waals surface area contributed by atoms with Gasteiger partial charge in [-0.05, 0) is 25.5 Å². The summed E-state index contributed by atoms with van der Waals surface area (Å²) in [5.74, 6) is 0. The molecule has 0 unspecified atom stereocenters. The van der Waals surface area contributed by atoms with E-state index in [4.69, 9.17) is 5.73 Å². The zero-order valence-corrected chi connectivity index (χ0v) is 8.03. The maximum Gasteiger partial charge on any atom is 0.0470 e. The Hall–Kier alpha value is -0.800. The Balaban J connectivity index is 2.02. The molecule has 1 aromatic rings. The molecule has 72 valence electrons.